The van der Waals surface area contributed by atoms with E-state index in [4.69, 9.17) is 9.47 Å². The Kier molecular flexibility index (Phi) is 6.59. The summed E-state index contributed by atoms with van der Waals surface area (Å²) in [7, 11) is 3.06. The predicted octanol–water partition coefficient (Wildman–Crippen LogP) is 2.41. The first-order valence-corrected chi connectivity index (χ1v) is 9.62. The fraction of sp³-hybridized carbons (Fsp3) is 0.364. The first kappa shape index (κ1) is 20.5. The van der Waals surface area contributed by atoms with E-state index < -0.39 is 0 Å². The Hall–Kier alpha value is -3.22. The third-order valence-electron chi connectivity index (χ3n) is 5.01. The Morgan fingerprint density at radius 1 is 0.966 bits per heavy atom. The van der Waals surface area contributed by atoms with E-state index in [1.807, 2.05) is 31.2 Å². The molecule has 1 aliphatic heterocycles. The monoisotopic (exact) mass is 397 g/mol. The fourth-order valence-electron chi connectivity index (χ4n) is 3.43. The number of nitrogens with one attached hydrogen (secondary N) is 1. The molecule has 1 N–H and O–H groups in total. The highest BCUT2D eigenvalue weighted by atomic mass is 16.5. The van der Waals surface area contributed by atoms with E-state index in [1.54, 1.807) is 35.1 Å². The molecule has 3 rings (SSSR count). The smallest absolute Gasteiger partial charge is 0.257 e. The molecule has 0 bridgehead atoms. The molecule has 7 nitrogen and oxygen atoms in total. The molecule has 2 aromatic rings. The number of benzene rings is 2. The number of ether oxygens (including phenoxy) is 2. The molecule has 0 atom stereocenters. The second-order valence-corrected chi connectivity index (χ2v) is 6.94. The van der Waals surface area contributed by atoms with E-state index in [-0.39, 0.29) is 18.4 Å². The minimum Gasteiger partial charge on any atom is -0.493 e. The zero-order chi connectivity index (χ0) is 20.8. The van der Waals surface area contributed by atoms with Crippen molar-refractivity contribution in [1.29, 1.82) is 0 Å². The molecule has 7 heteroatoms. The second-order valence-electron chi connectivity index (χ2n) is 6.94. The van der Waals surface area contributed by atoms with Crippen LogP contribution in [0.2, 0.25) is 0 Å². The number of hydrogen-bond donors (Lipinski definition) is 1. The van der Waals surface area contributed by atoms with Crippen molar-refractivity contribution in [2.45, 2.75) is 6.92 Å². The molecule has 0 aromatic heterocycles. The van der Waals surface area contributed by atoms with Crippen LogP contribution in [0.1, 0.15) is 15.9 Å². The molecule has 2 amide bonds. The van der Waals surface area contributed by atoms with Crippen LogP contribution in [0.5, 0.6) is 11.5 Å². The Balaban J connectivity index is 1.56. The van der Waals surface area contributed by atoms with Gasteiger partial charge in [0.15, 0.2) is 11.5 Å². The van der Waals surface area contributed by atoms with Gasteiger partial charge in [-0.1, -0.05) is 18.2 Å². The summed E-state index contributed by atoms with van der Waals surface area (Å²) < 4.78 is 10.7. The van der Waals surface area contributed by atoms with Crippen LogP contribution in [-0.2, 0) is 4.79 Å². The fourth-order valence-corrected chi connectivity index (χ4v) is 3.43. The van der Waals surface area contributed by atoms with Gasteiger partial charge in [0.05, 0.1) is 26.3 Å². The first-order valence-electron chi connectivity index (χ1n) is 9.62. The molecule has 29 heavy (non-hydrogen) atoms. The van der Waals surface area contributed by atoms with Crippen molar-refractivity contribution in [3.63, 3.8) is 0 Å². The average Bonchev–Trinajstić information content (AvgIpc) is 2.76. The Bertz CT molecular complexity index is 876. The van der Waals surface area contributed by atoms with Crippen molar-refractivity contribution in [3.8, 4) is 11.5 Å². The van der Waals surface area contributed by atoms with E-state index in [0.717, 1.165) is 11.3 Å². The van der Waals surface area contributed by atoms with Gasteiger partial charge in [-0.15, -0.1) is 0 Å². The summed E-state index contributed by atoms with van der Waals surface area (Å²) in [6.45, 7) is 4.23. The minimum absolute atomic E-state index is 0.0255. The molecule has 0 spiro atoms. The number of carbonyl (C=O) groups excluding carboxylic acids is 2. The van der Waals surface area contributed by atoms with Crippen LogP contribution in [-0.4, -0.2) is 68.6 Å². The van der Waals surface area contributed by atoms with Gasteiger partial charge in [-0.3, -0.25) is 9.59 Å². The molecule has 1 fully saturated rings. The van der Waals surface area contributed by atoms with Crippen LogP contribution in [0.15, 0.2) is 42.5 Å². The maximum Gasteiger partial charge on any atom is 0.257 e. The van der Waals surface area contributed by atoms with E-state index in [2.05, 4.69) is 5.32 Å². The number of methoxy groups -OCH3 is 2. The van der Waals surface area contributed by atoms with Gasteiger partial charge < -0.3 is 24.6 Å². The molecule has 1 aliphatic rings. The van der Waals surface area contributed by atoms with Gasteiger partial charge in [0.25, 0.3) is 5.91 Å². The highest BCUT2D eigenvalue weighted by molar-refractivity contribution is 5.98. The van der Waals surface area contributed by atoms with Crippen LogP contribution >= 0.6 is 0 Å². The number of anilines is 1. The molecule has 0 saturated carbocycles. The van der Waals surface area contributed by atoms with Gasteiger partial charge in [0, 0.05) is 31.9 Å². The van der Waals surface area contributed by atoms with Crippen molar-refractivity contribution in [3.05, 3.63) is 53.6 Å². The van der Waals surface area contributed by atoms with Crippen molar-refractivity contribution >= 4 is 17.5 Å². The standard InChI is InChI=1S/C22H27N3O4/c1-16-6-4-7-17(14-16)23-15-20(26)24-10-12-25(13-11-24)22(27)18-8-5-9-19(28-2)21(18)29-3/h4-9,14,23H,10-13,15H2,1-3H3. The van der Waals surface area contributed by atoms with Crippen LogP contribution in [0, 0.1) is 6.92 Å². The van der Waals surface area contributed by atoms with Gasteiger partial charge in [0.2, 0.25) is 5.91 Å². The van der Waals surface area contributed by atoms with Gasteiger partial charge in [-0.25, -0.2) is 0 Å². The van der Waals surface area contributed by atoms with Crippen LogP contribution in [0.25, 0.3) is 0 Å². The summed E-state index contributed by atoms with van der Waals surface area (Å²) in [4.78, 5) is 29.0. The summed E-state index contributed by atoms with van der Waals surface area (Å²) in [6, 6.07) is 13.2. The number of amides is 2. The highest BCUT2D eigenvalue weighted by Gasteiger charge is 2.27. The van der Waals surface area contributed by atoms with Crippen molar-refractivity contribution in [1.82, 2.24) is 9.80 Å². The lowest BCUT2D eigenvalue weighted by Gasteiger charge is -2.35. The van der Waals surface area contributed by atoms with Crippen LogP contribution in [0.4, 0.5) is 5.69 Å². The Morgan fingerprint density at radius 3 is 2.31 bits per heavy atom. The van der Waals surface area contributed by atoms with Gasteiger partial charge in [-0.2, -0.15) is 0 Å². The topological polar surface area (TPSA) is 71.1 Å². The molecule has 0 radical (unpaired) electrons. The van der Waals surface area contributed by atoms with Crippen molar-refractivity contribution < 1.29 is 19.1 Å². The van der Waals surface area contributed by atoms with Crippen molar-refractivity contribution in [2.24, 2.45) is 0 Å². The van der Waals surface area contributed by atoms with Crippen LogP contribution < -0.4 is 14.8 Å². The maximum absolute atomic E-state index is 12.9. The number of para-hydroxylation sites is 1. The highest BCUT2D eigenvalue weighted by Crippen LogP contribution is 2.31. The van der Waals surface area contributed by atoms with Crippen molar-refractivity contribution in [2.75, 3.05) is 52.3 Å². The molecule has 1 heterocycles. The minimum atomic E-state index is -0.120. The number of aryl methyl sites for hydroxylation is 1. The molecule has 0 aliphatic carbocycles. The summed E-state index contributed by atoms with van der Waals surface area (Å²) in [6.07, 6.45) is 0. The average molecular weight is 397 g/mol. The molecular formula is C22H27N3O4. The second kappa shape index (κ2) is 9.32. The third-order valence-corrected chi connectivity index (χ3v) is 5.01. The molecule has 2 aromatic carbocycles. The lowest BCUT2D eigenvalue weighted by atomic mass is 10.1. The quantitative estimate of drug-likeness (QED) is 0.811. The lowest BCUT2D eigenvalue weighted by molar-refractivity contribution is -0.130. The van der Waals surface area contributed by atoms with E-state index in [1.165, 1.54) is 7.11 Å². The normalized spacial score (nSPS) is 13.8. The van der Waals surface area contributed by atoms with E-state index in [9.17, 15) is 9.59 Å². The Morgan fingerprint density at radius 2 is 1.66 bits per heavy atom. The molecule has 1 saturated heterocycles. The Labute approximate surface area is 171 Å². The first-order chi connectivity index (χ1) is 14.0. The predicted molar refractivity (Wildman–Crippen MR) is 112 cm³/mol. The van der Waals surface area contributed by atoms with E-state index in [0.29, 0.717) is 43.2 Å². The zero-order valence-electron chi connectivity index (χ0n) is 17.1. The summed E-state index contributed by atoms with van der Waals surface area (Å²) >= 11 is 0. The lowest BCUT2D eigenvalue weighted by Crippen LogP contribution is -2.51. The third kappa shape index (κ3) is 4.80. The summed E-state index contributed by atoms with van der Waals surface area (Å²) in [5, 5.41) is 3.17. The van der Waals surface area contributed by atoms with Gasteiger partial charge in [-0.05, 0) is 36.8 Å². The number of carbonyl (C=O) groups is 2. The number of nitrogens with zero attached hydrogens (tertiary/aromatic N) is 2. The largest absolute Gasteiger partial charge is 0.493 e. The van der Waals surface area contributed by atoms with Crippen LogP contribution in [0.3, 0.4) is 0 Å². The molecule has 154 valence electrons. The summed E-state index contributed by atoms with van der Waals surface area (Å²) in [5.41, 5.74) is 2.53. The number of hydrogen-bond acceptors (Lipinski definition) is 5. The number of rotatable bonds is 6. The number of piperazine rings is 1. The van der Waals surface area contributed by atoms with Gasteiger partial charge in [0.1, 0.15) is 0 Å². The SMILES string of the molecule is COc1cccc(C(=O)N2CCN(C(=O)CNc3cccc(C)c3)CC2)c1OC. The molecular weight excluding hydrogens is 370 g/mol. The zero-order valence-corrected chi connectivity index (χ0v) is 17.1. The van der Waals surface area contributed by atoms with E-state index >= 15 is 0 Å². The summed E-state index contributed by atoms with van der Waals surface area (Å²) in [5.74, 6) is 0.860. The van der Waals surface area contributed by atoms with Gasteiger partial charge >= 0.3 is 0 Å². The molecule has 0 unspecified atom stereocenters. The maximum atomic E-state index is 12.9.